The van der Waals surface area contributed by atoms with Gasteiger partial charge in [0.1, 0.15) is 0 Å². The van der Waals surface area contributed by atoms with Crippen LogP contribution in [0.1, 0.15) is 30.4 Å². The molecule has 0 aromatic heterocycles. The summed E-state index contributed by atoms with van der Waals surface area (Å²) in [5.74, 6) is -0.0267. The van der Waals surface area contributed by atoms with Crippen LogP contribution >= 0.6 is 0 Å². The van der Waals surface area contributed by atoms with Crippen LogP contribution in [0.25, 0.3) is 6.08 Å². The van der Waals surface area contributed by atoms with Crippen LogP contribution in [-0.2, 0) is 9.59 Å². The fourth-order valence-electron chi connectivity index (χ4n) is 2.42. The number of rotatable bonds is 5. The lowest BCUT2D eigenvalue weighted by atomic mass is 10.1. The van der Waals surface area contributed by atoms with Gasteiger partial charge in [-0.05, 0) is 31.4 Å². The molecule has 1 aliphatic rings. The monoisotopic (exact) mass is 286 g/mol. The lowest BCUT2D eigenvalue weighted by Crippen LogP contribution is -2.32. The zero-order chi connectivity index (χ0) is 15.1. The first-order valence-corrected chi connectivity index (χ1v) is 7.45. The average Bonchev–Trinajstić information content (AvgIpc) is 2.99. The van der Waals surface area contributed by atoms with E-state index < -0.39 is 0 Å². The highest BCUT2D eigenvalue weighted by atomic mass is 16.2. The first kappa shape index (κ1) is 15.3. The number of nitrogens with one attached hydrogen (secondary N) is 1. The molecule has 0 bridgehead atoms. The minimum atomic E-state index is -0.161. The summed E-state index contributed by atoms with van der Waals surface area (Å²) in [5, 5.41) is 2.75. The maximum Gasteiger partial charge on any atom is 0.244 e. The van der Waals surface area contributed by atoms with Crippen molar-refractivity contribution in [2.24, 2.45) is 0 Å². The Bertz CT molecular complexity index is 531. The summed E-state index contributed by atoms with van der Waals surface area (Å²) >= 11 is 0. The molecule has 1 heterocycles. The van der Waals surface area contributed by atoms with Gasteiger partial charge in [0.05, 0.1) is 0 Å². The molecule has 0 radical (unpaired) electrons. The van der Waals surface area contributed by atoms with Crippen molar-refractivity contribution in [2.75, 3.05) is 19.6 Å². The number of hydrogen-bond donors (Lipinski definition) is 1. The van der Waals surface area contributed by atoms with Gasteiger partial charge in [0, 0.05) is 32.1 Å². The molecule has 1 fully saturated rings. The van der Waals surface area contributed by atoms with E-state index in [4.69, 9.17) is 0 Å². The minimum absolute atomic E-state index is 0.135. The quantitative estimate of drug-likeness (QED) is 0.843. The first-order chi connectivity index (χ1) is 10.1. The number of benzene rings is 1. The van der Waals surface area contributed by atoms with Crippen LogP contribution in [0.15, 0.2) is 30.3 Å². The van der Waals surface area contributed by atoms with Crippen molar-refractivity contribution in [2.45, 2.75) is 26.2 Å². The van der Waals surface area contributed by atoms with E-state index in [-0.39, 0.29) is 11.8 Å². The Morgan fingerprint density at radius 3 is 2.76 bits per heavy atom. The second kappa shape index (κ2) is 7.62. The summed E-state index contributed by atoms with van der Waals surface area (Å²) < 4.78 is 0. The molecule has 0 spiro atoms. The number of amides is 2. The van der Waals surface area contributed by atoms with Gasteiger partial charge in [0.15, 0.2) is 0 Å². The van der Waals surface area contributed by atoms with Crippen molar-refractivity contribution in [3.8, 4) is 0 Å². The summed E-state index contributed by atoms with van der Waals surface area (Å²) in [6.07, 6.45) is 5.86. The largest absolute Gasteiger partial charge is 0.352 e. The maximum atomic E-state index is 11.8. The molecule has 1 aromatic carbocycles. The van der Waals surface area contributed by atoms with Gasteiger partial charge in [-0.1, -0.05) is 29.8 Å². The molecule has 1 aromatic rings. The lowest BCUT2D eigenvalue weighted by molar-refractivity contribution is -0.130. The predicted molar refractivity (Wildman–Crippen MR) is 83.7 cm³/mol. The molecular formula is C17H22N2O2. The van der Waals surface area contributed by atoms with Crippen molar-refractivity contribution >= 4 is 17.9 Å². The van der Waals surface area contributed by atoms with Gasteiger partial charge in [0.25, 0.3) is 0 Å². The van der Waals surface area contributed by atoms with Crippen molar-refractivity contribution in [1.82, 2.24) is 10.2 Å². The van der Waals surface area contributed by atoms with Gasteiger partial charge < -0.3 is 10.2 Å². The molecule has 0 atom stereocenters. The molecule has 0 aliphatic carbocycles. The highest BCUT2D eigenvalue weighted by Gasteiger charge is 2.17. The molecule has 2 amide bonds. The van der Waals surface area contributed by atoms with Gasteiger partial charge >= 0.3 is 0 Å². The van der Waals surface area contributed by atoms with Crippen molar-refractivity contribution in [1.29, 1.82) is 0 Å². The zero-order valence-corrected chi connectivity index (χ0v) is 12.5. The van der Waals surface area contributed by atoms with Crippen LogP contribution in [0.2, 0.25) is 0 Å². The average molecular weight is 286 g/mol. The van der Waals surface area contributed by atoms with Crippen LogP contribution in [0.4, 0.5) is 0 Å². The Kier molecular flexibility index (Phi) is 5.55. The van der Waals surface area contributed by atoms with E-state index >= 15 is 0 Å². The molecule has 4 heteroatoms. The summed E-state index contributed by atoms with van der Waals surface area (Å²) in [6.45, 7) is 4.13. The van der Waals surface area contributed by atoms with Gasteiger partial charge in [-0.25, -0.2) is 0 Å². The van der Waals surface area contributed by atoms with Gasteiger partial charge in [-0.2, -0.15) is 0 Å². The molecule has 1 aliphatic heterocycles. The van der Waals surface area contributed by atoms with Gasteiger partial charge in [0.2, 0.25) is 11.8 Å². The van der Waals surface area contributed by atoms with Crippen molar-refractivity contribution in [3.05, 3.63) is 41.5 Å². The molecule has 4 nitrogen and oxygen atoms in total. The second-order valence-electron chi connectivity index (χ2n) is 5.38. The third kappa shape index (κ3) is 5.06. The Hall–Kier alpha value is -2.10. The first-order valence-electron chi connectivity index (χ1n) is 7.45. The highest BCUT2D eigenvalue weighted by Crippen LogP contribution is 2.08. The minimum Gasteiger partial charge on any atom is -0.352 e. The maximum absolute atomic E-state index is 11.8. The molecular weight excluding hydrogens is 264 g/mol. The summed E-state index contributed by atoms with van der Waals surface area (Å²) in [5.41, 5.74) is 2.16. The lowest BCUT2D eigenvalue weighted by Gasteiger charge is -2.14. The van der Waals surface area contributed by atoms with E-state index in [1.54, 1.807) is 6.08 Å². The highest BCUT2D eigenvalue weighted by molar-refractivity contribution is 5.92. The number of aryl methyl sites for hydroxylation is 1. The van der Waals surface area contributed by atoms with E-state index in [0.29, 0.717) is 13.0 Å². The van der Waals surface area contributed by atoms with Crippen molar-refractivity contribution < 1.29 is 9.59 Å². The topological polar surface area (TPSA) is 49.4 Å². The van der Waals surface area contributed by atoms with E-state index in [9.17, 15) is 9.59 Å². The molecule has 112 valence electrons. The van der Waals surface area contributed by atoms with E-state index in [1.165, 1.54) is 6.08 Å². The fourth-order valence-corrected chi connectivity index (χ4v) is 2.42. The summed E-state index contributed by atoms with van der Waals surface area (Å²) in [4.78, 5) is 25.4. The summed E-state index contributed by atoms with van der Waals surface area (Å²) in [6, 6.07) is 7.94. The van der Waals surface area contributed by atoms with Gasteiger partial charge in [-0.3, -0.25) is 9.59 Å². The Labute approximate surface area is 125 Å². The number of hydrogen-bond acceptors (Lipinski definition) is 2. The molecule has 21 heavy (non-hydrogen) atoms. The molecule has 2 rings (SSSR count). The number of carbonyl (C=O) groups excluding carboxylic acids is 2. The zero-order valence-electron chi connectivity index (χ0n) is 12.5. The van der Waals surface area contributed by atoms with Crippen LogP contribution in [0, 0.1) is 6.92 Å². The third-order valence-corrected chi connectivity index (χ3v) is 3.57. The number of likely N-dealkylation sites (tertiary alicyclic amines) is 1. The summed E-state index contributed by atoms with van der Waals surface area (Å²) in [7, 11) is 0. The molecule has 1 N–H and O–H groups in total. The van der Waals surface area contributed by atoms with E-state index in [0.717, 1.165) is 37.1 Å². The Morgan fingerprint density at radius 1 is 1.29 bits per heavy atom. The fraction of sp³-hybridized carbons (Fsp3) is 0.412. The number of nitrogens with zero attached hydrogens (tertiary/aromatic N) is 1. The Balaban J connectivity index is 1.71. The molecule has 0 unspecified atom stereocenters. The SMILES string of the molecule is Cc1cccc(/C=C/C(=O)NCCC(=O)N2CCCC2)c1. The van der Waals surface area contributed by atoms with Crippen LogP contribution < -0.4 is 5.32 Å². The van der Waals surface area contributed by atoms with E-state index in [1.807, 2.05) is 36.1 Å². The van der Waals surface area contributed by atoms with Crippen LogP contribution in [0.3, 0.4) is 0 Å². The molecule has 0 saturated carbocycles. The smallest absolute Gasteiger partial charge is 0.244 e. The normalized spacial score (nSPS) is 14.6. The third-order valence-electron chi connectivity index (χ3n) is 3.57. The van der Waals surface area contributed by atoms with Crippen LogP contribution in [-0.4, -0.2) is 36.3 Å². The number of carbonyl (C=O) groups is 2. The second-order valence-corrected chi connectivity index (χ2v) is 5.38. The predicted octanol–water partition coefficient (Wildman–Crippen LogP) is 2.14. The van der Waals surface area contributed by atoms with Crippen LogP contribution in [0.5, 0.6) is 0 Å². The molecule has 1 saturated heterocycles. The standard InChI is InChI=1S/C17H22N2O2/c1-14-5-4-6-15(13-14)7-8-16(20)18-10-9-17(21)19-11-2-3-12-19/h4-8,13H,2-3,9-12H2,1H3,(H,18,20)/b8-7+. The Morgan fingerprint density at radius 2 is 2.05 bits per heavy atom. The van der Waals surface area contributed by atoms with Crippen molar-refractivity contribution in [3.63, 3.8) is 0 Å². The van der Waals surface area contributed by atoms with E-state index in [2.05, 4.69) is 5.32 Å². The van der Waals surface area contributed by atoms with Gasteiger partial charge in [-0.15, -0.1) is 0 Å².